The van der Waals surface area contributed by atoms with Crippen molar-refractivity contribution in [1.82, 2.24) is 30.1 Å². The van der Waals surface area contributed by atoms with Gasteiger partial charge in [-0.1, -0.05) is 6.42 Å². The van der Waals surface area contributed by atoms with Crippen LogP contribution in [0.1, 0.15) is 64.4 Å². The fourth-order valence-corrected chi connectivity index (χ4v) is 4.18. The number of nitrogens with zero attached hydrogens (tertiary/aromatic N) is 5. The minimum absolute atomic E-state index is 0.106. The maximum absolute atomic E-state index is 13.2. The van der Waals surface area contributed by atoms with E-state index in [-0.39, 0.29) is 17.1 Å². The molecule has 160 valence electrons. The average molecular weight is 411 g/mol. The predicted molar refractivity (Wildman–Crippen MR) is 116 cm³/mol. The van der Waals surface area contributed by atoms with Gasteiger partial charge in [0.2, 0.25) is 0 Å². The summed E-state index contributed by atoms with van der Waals surface area (Å²) in [6.45, 7) is 10.6. The van der Waals surface area contributed by atoms with Gasteiger partial charge in [0, 0.05) is 16.5 Å². The molecule has 1 aliphatic rings. The summed E-state index contributed by atoms with van der Waals surface area (Å²) in [6.07, 6.45) is 3.42. The monoisotopic (exact) mass is 410 g/mol. The van der Waals surface area contributed by atoms with Gasteiger partial charge in [-0.05, 0) is 88.3 Å². The van der Waals surface area contributed by atoms with Gasteiger partial charge in [0.05, 0.1) is 12.1 Å². The molecule has 0 radical (unpaired) electrons. The van der Waals surface area contributed by atoms with E-state index in [2.05, 4.69) is 46.2 Å². The Bertz CT molecular complexity index is 1080. The van der Waals surface area contributed by atoms with Crippen molar-refractivity contribution in [3.63, 3.8) is 0 Å². The molecule has 0 aliphatic carbocycles. The number of rotatable bonds is 5. The number of pyridine rings is 1. The van der Waals surface area contributed by atoms with Crippen LogP contribution in [0.2, 0.25) is 0 Å². The zero-order chi connectivity index (χ0) is 21.3. The SMILES string of the molecule is CCOc1ccc2[nH]c(=O)c(C(c3nnnn3C(C)(C)C)N3CCCCC3)cc2c1. The Labute approximate surface area is 176 Å². The highest BCUT2D eigenvalue weighted by atomic mass is 16.5. The third kappa shape index (κ3) is 3.96. The third-order valence-electron chi connectivity index (χ3n) is 5.58. The van der Waals surface area contributed by atoms with Gasteiger partial charge in [0.1, 0.15) is 11.8 Å². The summed E-state index contributed by atoms with van der Waals surface area (Å²) in [4.78, 5) is 18.6. The second-order valence-electron chi connectivity index (χ2n) is 8.85. The van der Waals surface area contributed by atoms with Crippen LogP contribution in [0.15, 0.2) is 29.1 Å². The standard InChI is InChI=1S/C22H30N6O2/c1-5-30-16-9-10-18-15(13-16)14-17(21(29)23-18)19(27-11-7-6-8-12-27)20-24-25-26-28(20)22(2,3)4/h9-10,13-14,19H,5-8,11-12H2,1-4H3,(H,23,29). The lowest BCUT2D eigenvalue weighted by molar-refractivity contribution is 0.170. The summed E-state index contributed by atoms with van der Waals surface area (Å²) in [7, 11) is 0. The smallest absolute Gasteiger partial charge is 0.253 e. The summed E-state index contributed by atoms with van der Waals surface area (Å²) in [5.74, 6) is 1.49. The minimum Gasteiger partial charge on any atom is -0.494 e. The molecule has 2 aromatic heterocycles. The molecule has 3 aromatic rings. The number of ether oxygens (including phenoxy) is 1. The van der Waals surface area contributed by atoms with Gasteiger partial charge in [-0.25, -0.2) is 4.68 Å². The molecule has 3 heterocycles. The first-order valence-electron chi connectivity index (χ1n) is 10.7. The van der Waals surface area contributed by atoms with Gasteiger partial charge in [-0.2, -0.15) is 0 Å². The van der Waals surface area contributed by atoms with Crippen molar-refractivity contribution in [1.29, 1.82) is 0 Å². The number of fused-ring (bicyclic) bond motifs is 1. The number of likely N-dealkylation sites (tertiary alicyclic amines) is 1. The molecular weight excluding hydrogens is 380 g/mol. The predicted octanol–water partition coefficient (Wildman–Crippen LogP) is 3.24. The van der Waals surface area contributed by atoms with Crippen LogP contribution in [0.4, 0.5) is 0 Å². The van der Waals surface area contributed by atoms with Crippen molar-refractivity contribution in [2.75, 3.05) is 19.7 Å². The molecular formula is C22H30N6O2. The average Bonchev–Trinajstić information content (AvgIpc) is 3.20. The first-order valence-corrected chi connectivity index (χ1v) is 10.7. The molecule has 1 atom stereocenters. The number of aromatic amines is 1. The Hall–Kier alpha value is -2.74. The molecule has 1 fully saturated rings. The van der Waals surface area contributed by atoms with Gasteiger partial charge >= 0.3 is 0 Å². The largest absolute Gasteiger partial charge is 0.494 e. The molecule has 0 spiro atoms. The number of H-pyrrole nitrogens is 1. The molecule has 8 heteroatoms. The molecule has 1 aliphatic heterocycles. The summed E-state index contributed by atoms with van der Waals surface area (Å²) in [5, 5.41) is 13.5. The Balaban J connectivity index is 1.88. The molecule has 0 bridgehead atoms. The molecule has 8 nitrogen and oxygen atoms in total. The van der Waals surface area contributed by atoms with Crippen molar-refractivity contribution in [2.45, 2.75) is 58.5 Å². The number of benzene rings is 1. The highest BCUT2D eigenvalue weighted by Crippen LogP contribution is 2.31. The Kier molecular flexibility index (Phi) is 5.60. The molecule has 1 aromatic carbocycles. The van der Waals surface area contributed by atoms with Gasteiger partial charge in [-0.15, -0.1) is 5.10 Å². The highest BCUT2D eigenvalue weighted by molar-refractivity contribution is 5.80. The van der Waals surface area contributed by atoms with E-state index in [0.717, 1.165) is 42.6 Å². The first kappa shape index (κ1) is 20.5. The molecule has 0 amide bonds. The molecule has 4 rings (SSSR count). The fraction of sp³-hybridized carbons (Fsp3) is 0.545. The number of hydrogen-bond acceptors (Lipinski definition) is 6. The minimum atomic E-state index is -0.302. The maximum atomic E-state index is 13.2. The summed E-state index contributed by atoms with van der Waals surface area (Å²) in [6, 6.07) is 7.41. The quantitative estimate of drug-likeness (QED) is 0.695. The lowest BCUT2D eigenvalue weighted by atomic mass is 9.99. The van der Waals surface area contributed by atoms with Crippen molar-refractivity contribution >= 4 is 10.9 Å². The number of tetrazole rings is 1. The molecule has 0 saturated carbocycles. The van der Waals surface area contributed by atoms with E-state index < -0.39 is 0 Å². The van der Waals surface area contributed by atoms with Gasteiger partial charge in [0.15, 0.2) is 5.82 Å². The number of piperidine rings is 1. The molecule has 1 N–H and O–H groups in total. The van der Waals surface area contributed by atoms with Crippen LogP contribution >= 0.6 is 0 Å². The lowest BCUT2D eigenvalue weighted by Crippen LogP contribution is -2.40. The molecule has 30 heavy (non-hydrogen) atoms. The molecule has 1 saturated heterocycles. The maximum Gasteiger partial charge on any atom is 0.253 e. The van der Waals surface area contributed by atoms with Crippen molar-refractivity contribution in [3.05, 3.63) is 46.0 Å². The lowest BCUT2D eigenvalue weighted by Gasteiger charge is -2.35. The fourth-order valence-electron chi connectivity index (χ4n) is 4.18. The van der Waals surface area contributed by atoms with E-state index in [1.165, 1.54) is 6.42 Å². The number of aromatic nitrogens is 5. The summed E-state index contributed by atoms with van der Waals surface area (Å²) >= 11 is 0. The van der Waals surface area contributed by atoms with Crippen LogP contribution in [0.25, 0.3) is 10.9 Å². The van der Waals surface area contributed by atoms with Gasteiger partial charge in [-0.3, -0.25) is 9.69 Å². The summed E-state index contributed by atoms with van der Waals surface area (Å²) < 4.78 is 7.50. The van der Waals surface area contributed by atoms with E-state index in [1.54, 1.807) is 0 Å². The Morgan fingerprint density at radius 1 is 1.17 bits per heavy atom. The van der Waals surface area contributed by atoms with E-state index in [0.29, 0.717) is 18.0 Å². The number of nitrogens with one attached hydrogen (secondary N) is 1. The Morgan fingerprint density at radius 2 is 1.93 bits per heavy atom. The van der Waals surface area contributed by atoms with E-state index in [4.69, 9.17) is 4.74 Å². The Morgan fingerprint density at radius 3 is 2.63 bits per heavy atom. The van der Waals surface area contributed by atoms with Gasteiger partial charge in [0.25, 0.3) is 5.56 Å². The first-order chi connectivity index (χ1) is 14.4. The third-order valence-corrected chi connectivity index (χ3v) is 5.58. The number of hydrogen-bond donors (Lipinski definition) is 1. The zero-order valence-corrected chi connectivity index (χ0v) is 18.2. The van der Waals surface area contributed by atoms with Crippen molar-refractivity contribution in [2.24, 2.45) is 0 Å². The van der Waals surface area contributed by atoms with Crippen LogP contribution < -0.4 is 10.3 Å². The van der Waals surface area contributed by atoms with E-state index >= 15 is 0 Å². The van der Waals surface area contributed by atoms with Crippen LogP contribution in [0.3, 0.4) is 0 Å². The topological polar surface area (TPSA) is 88.9 Å². The molecule has 1 unspecified atom stereocenters. The second kappa shape index (κ2) is 8.18. The van der Waals surface area contributed by atoms with Crippen LogP contribution in [-0.4, -0.2) is 49.8 Å². The van der Waals surface area contributed by atoms with Crippen molar-refractivity contribution in [3.8, 4) is 5.75 Å². The zero-order valence-electron chi connectivity index (χ0n) is 18.2. The van der Waals surface area contributed by atoms with E-state index in [1.807, 2.05) is 35.9 Å². The van der Waals surface area contributed by atoms with Crippen LogP contribution in [0.5, 0.6) is 5.75 Å². The second-order valence-corrected chi connectivity index (χ2v) is 8.85. The van der Waals surface area contributed by atoms with Crippen LogP contribution in [0, 0.1) is 0 Å². The van der Waals surface area contributed by atoms with E-state index in [9.17, 15) is 4.79 Å². The summed E-state index contributed by atoms with van der Waals surface area (Å²) in [5.41, 5.74) is 1.06. The van der Waals surface area contributed by atoms with Gasteiger partial charge < -0.3 is 9.72 Å². The normalized spacial score (nSPS) is 16.7. The highest BCUT2D eigenvalue weighted by Gasteiger charge is 2.33. The van der Waals surface area contributed by atoms with Crippen LogP contribution in [-0.2, 0) is 5.54 Å². The van der Waals surface area contributed by atoms with Crippen molar-refractivity contribution < 1.29 is 4.74 Å².